The molecule has 1 aromatic carbocycles. The van der Waals surface area contributed by atoms with E-state index in [0.717, 1.165) is 36.6 Å². The maximum absolute atomic E-state index is 13.6. The van der Waals surface area contributed by atoms with Gasteiger partial charge in [0.1, 0.15) is 4.75 Å². The SMILES string of the molecule is CC(C)CN1c2ccccc2C2(CCN(Cc3ccccn3)CC2)S1(=O)=O.O=C(O)C(F)(F)F. The lowest BCUT2D eigenvalue weighted by Gasteiger charge is -2.39. The van der Waals surface area contributed by atoms with Crippen molar-refractivity contribution in [2.24, 2.45) is 5.92 Å². The predicted octanol–water partition coefficient (Wildman–Crippen LogP) is 4.01. The molecule has 0 amide bonds. The van der Waals surface area contributed by atoms with Gasteiger partial charge in [-0.15, -0.1) is 0 Å². The highest BCUT2D eigenvalue weighted by Gasteiger charge is 2.56. The Morgan fingerprint density at radius 1 is 1.12 bits per heavy atom. The fourth-order valence-corrected chi connectivity index (χ4v) is 6.89. The Kier molecular flexibility index (Phi) is 7.56. The monoisotopic (exact) mass is 499 g/mol. The fourth-order valence-electron chi connectivity index (χ4n) is 4.40. The van der Waals surface area contributed by atoms with Crippen LogP contribution in [-0.4, -0.2) is 55.2 Å². The van der Waals surface area contributed by atoms with Gasteiger partial charge in [0.15, 0.2) is 0 Å². The number of hydrogen-bond donors (Lipinski definition) is 1. The molecule has 2 aliphatic heterocycles. The first-order valence-electron chi connectivity index (χ1n) is 10.9. The van der Waals surface area contributed by atoms with E-state index < -0.39 is 26.9 Å². The molecule has 1 aromatic heterocycles. The van der Waals surface area contributed by atoms with Crippen LogP contribution in [0.2, 0.25) is 0 Å². The van der Waals surface area contributed by atoms with Gasteiger partial charge in [0.05, 0.1) is 11.4 Å². The summed E-state index contributed by atoms with van der Waals surface area (Å²) in [5, 5.41) is 7.12. The lowest BCUT2D eigenvalue weighted by atomic mass is 9.87. The number of fused-ring (bicyclic) bond motifs is 2. The number of likely N-dealkylation sites (tertiary alicyclic amines) is 1. The molecule has 34 heavy (non-hydrogen) atoms. The van der Waals surface area contributed by atoms with Gasteiger partial charge in [-0.05, 0) is 42.5 Å². The van der Waals surface area contributed by atoms with Gasteiger partial charge in [0.25, 0.3) is 0 Å². The summed E-state index contributed by atoms with van der Waals surface area (Å²) < 4.78 is 59.9. The third kappa shape index (κ3) is 5.20. The van der Waals surface area contributed by atoms with Crippen molar-refractivity contribution in [2.75, 3.05) is 23.9 Å². The van der Waals surface area contributed by atoms with Gasteiger partial charge in [-0.2, -0.15) is 13.2 Å². The van der Waals surface area contributed by atoms with E-state index in [0.29, 0.717) is 19.4 Å². The van der Waals surface area contributed by atoms with Crippen LogP contribution in [-0.2, 0) is 26.1 Å². The van der Waals surface area contributed by atoms with Gasteiger partial charge in [-0.1, -0.05) is 38.1 Å². The summed E-state index contributed by atoms with van der Waals surface area (Å²) in [6, 6.07) is 13.8. The summed E-state index contributed by atoms with van der Waals surface area (Å²) in [7, 11) is -3.41. The highest BCUT2D eigenvalue weighted by Crippen LogP contribution is 2.52. The normalized spacial score (nSPS) is 18.9. The van der Waals surface area contributed by atoms with Crippen molar-refractivity contribution in [3.05, 3.63) is 59.9 Å². The molecule has 1 spiro atoms. The van der Waals surface area contributed by atoms with E-state index in [1.54, 1.807) is 4.31 Å². The molecule has 4 rings (SSSR count). The number of para-hydroxylation sites is 1. The average Bonchev–Trinajstić information content (AvgIpc) is 2.94. The number of anilines is 1. The fraction of sp³-hybridized carbons (Fsp3) is 0.478. The molecule has 1 saturated heterocycles. The third-order valence-electron chi connectivity index (χ3n) is 6.00. The van der Waals surface area contributed by atoms with Crippen LogP contribution in [0.3, 0.4) is 0 Å². The van der Waals surface area contributed by atoms with E-state index in [4.69, 9.17) is 9.90 Å². The maximum Gasteiger partial charge on any atom is 0.490 e. The molecule has 3 heterocycles. The zero-order valence-electron chi connectivity index (χ0n) is 19.0. The van der Waals surface area contributed by atoms with Crippen LogP contribution in [0.5, 0.6) is 0 Å². The van der Waals surface area contributed by atoms with Gasteiger partial charge in [0, 0.05) is 32.4 Å². The molecule has 0 aliphatic carbocycles. The van der Waals surface area contributed by atoms with Crippen LogP contribution < -0.4 is 4.31 Å². The molecule has 2 aromatic rings. The summed E-state index contributed by atoms with van der Waals surface area (Å²) >= 11 is 0. The predicted molar refractivity (Wildman–Crippen MR) is 122 cm³/mol. The molecule has 0 atom stereocenters. The molecule has 0 saturated carbocycles. The Morgan fingerprint density at radius 3 is 2.24 bits per heavy atom. The zero-order valence-corrected chi connectivity index (χ0v) is 19.8. The van der Waals surface area contributed by atoms with E-state index in [9.17, 15) is 21.6 Å². The van der Waals surface area contributed by atoms with Crippen molar-refractivity contribution in [3.8, 4) is 0 Å². The number of rotatable bonds is 4. The lowest BCUT2D eigenvalue weighted by molar-refractivity contribution is -0.192. The minimum absolute atomic E-state index is 0.284. The van der Waals surface area contributed by atoms with Crippen LogP contribution in [0.25, 0.3) is 0 Å². The highest BCUT2D eigenvalue weighted by molar-refractivity contribution is 7.94. The number of sulfonamides is 1. The number of halogens is 3. The van der Waals surface area contributed by atoms with Gasteiger partial charge < -0.3 is 5.11 Å². The van der Waals surface area contributed by atoms with E-state index >= 15 is 0 Å². The van der Waals surface area contributed by atoms with E-state index in [1.807, 2.05) is 48.7 Å². The van der Waals surface area contributed by atoms with Crippen molar-refractivity contribution in [1.82, 2.24) is 9.88 Å². The van der Waals surface area contributed by atoms with E-state index in [-0.39, 0.29) is 5.92 Å². The number of alkyl halides is 3. The van der Waals surface area contributed by atoms with Crippen molar-refractivity contribution in [2.45, 2.75) is 44.2 Å². The first kappa shape index (κ1) is 26.0. The second-order valence-electron chi connectivity index (χ2n) is 8.84. The van der Waals surface area contributed by atoms with Gasteiger partial charge >= 0.3 is 12.1 Å². The second-order valence-corrected chi connectivity index (χ2v) is 11.0. The molecule has 7 nitrogen and oxygen atoms in total. The molecule has 186 valence electrons. The second kappa shape index (κ2) is 9.91. The first-order valence-corrected chi connectivity index (χ1v) is 12.4. The molecular weight excluding hydrogens is 471 g/mol. The number of carboxylic acid groups (broad SMARTS) is 1. The number of piperidine rings is 1. The van der Waals surface area contributed by atoms with E-state index in [1.165, 1.54) is 0 Å². The number of aromatic nitrogens is 1. The largest absolute Gasteiger partial charge is 0.490 e. The Bertz CT molecular complexity index is 1100. The number of nitrogens with zero attached hydrogens (tertiary/aromatic N) is 3. The van der Waals surface area contributed by atoms with Crippen molar-refractivity contribution >= 4 is 21.7 Å². The minimum Gasteiger partial charge on any atom is -0.475 e. The van der Waals surface area contributed by atoms with Crippen molar-refractivity contribution in [1.29, 1.82) is 0 Å². The van der Waals surface area contributed by atoms with Crippen molar-refractivity contribution < 1.29 is 31.5 Å². The molecular formula is C23H28F3N3O4S. The van der Waals surface area contributed by atoms with Gasteiger partial charge in [-0.25, -0.2) is 13.2 Å². The quantitative estimate of drug-likeness (QED) is 0.684. The van der Waals surface area contributed by atoms with Crippen LogP contribution in [0.1, 0.15) is 37.9 Å². The number of carbonyl (C=O) groups is 1. The lowest BCUT2D eigenvalue weighted by Crippen LogP contribution is -2.48. The molecule has 2 aliphatic rings. The Balaban J connectivity index is 0.000000406. The zero-order chi connectivity index (χ0) is 25.1. The minimum atomic E-state index is -5.08. The molecule has 0 radical (unpaired) electrons. The molecule has 11 heteroatoms. The number of hydrogen-bond acceptors (Lipinski definition) is 5. The standard InChI is InChI=1S/C21H27N3O2S.C2HF3O2/c1-17(2)15-24-20-9-4-3-8-19(20)21(27(24,25)26)10-13-23(14-11-21)16-18-7-5-6-12-22-18;3-2(4,5)1(6)7/h3-9,12,17H,10-11,13-16H2,1-2H3;(H,6,7). The number of carboxylic acids is 1. The number of pyridine rings is 1. The summed E-state index contributed by atoms with van der Waals surface area (Å²) in [5.74, 6) is -2.47. The highest BCUT2D eigenvalue weighted by atomic mass is 32.2. The van der Waals surface area contributed by atoms with Crippen LogP contribution in [0.4, 0.5) is 18.9 Å². The van der Waals surface area contributed by atoms with E-state index in [2.05, 4.69) is 23.7 Å². The summed E-state index contributed by atoms with van der Waals surface area (Å²) in [6.45, 7) is 6.98. The summed E-state index contributed by atoms with van der Waals surface area (Å²) in [4.78, 5) is 15.6. The maximum atomic E-state index is 13.6. The number of aliphatic carboxylic acids is 1. The summed E-state index contributed by atoms with van der Waals surface area (Å²) in [6.07, 6.45) is -2.01. The molecule has 0 unspecified atom stereocenters. The van der Waals surface area contributed by atoms with Crippen LogP contribution in [0, 0.1) is 5.92 Å². The number of benzene rings is 1. The van der Waals surface area contributed by atoms with Gasteiger partial charge in [-0.3, -0.25) is 14.2 Å². The third-order valence-corrected chi connectivity index (χ3v) is 8.54. The topological polar surface area (TPSA) is 90.8 Å². The average molecular weight is 500 g/mol. The Morgan fingerprint density at radius 2 is 1.71 bits per heavy atom. The Hall–Kier alpha value is -2.66. The Labute approximate surface area is 197 Å². The van der Waals surface area contributed by atoms with Crippen molar-refractivity contribution in [3.63, 3.8) is 0 Å². The van der Waals surface area contributed by atoms with Gasteiger partial charge in [0.2, 0.25) is 10.0 Å². The summed E-state index contributed by atoms with van der Waals surface area (Å²) in [5.41, 5.74) is 2.90. The first-order chi connectivity index (χ1) is 15.9. The smallest absolute Gasteiger partial charge is 0.475 e. The molecule has 0 bridgehead atoms. The van der Waals surface area contributed by atoms with Crippen LogP contribution >= 0.6 is 0 Å². The molecule has 1 fully saturated rings. The molecule has 1 N–H and O–H groups in total. The van der Waals surface area contributed by atoms with Crippen LogP contribution in [0.15, 0.2) is 48.7 Å².